The molecular weight excluding hydrogens is 396 g/mol. The van der Waals surface area contributed by atoms with E-state index in [0.29, 0.717) is 26.2 Å². The quantitative estimate of drug-likeness (QED) is 0.645. The van der Waals surface area contributed by atoms with Crippen molar-refractivity contribution in [3.05, 3.63) is 64.5 Å². The van der Waals surface area contributed by atoms with Gasteiger partial charge in [0.25, 0.3) is 5.91 Å². The summed E-state index contributed by atoms with van der Waals surface area (Å²) in [7, 11) is -3.32. The number of nitrogens with zero attached hydrogens (tertiary/aromatic N) is 1. The van der Waals surface area contributed by atoms with Crippen molar-refractivity contribution < 1.29 is 17.6 Å². The molecule has 0 aliphatic heterocycles. The molecule has 6 nitrogen and oxygen atoms in total. The molecule has 0 spiro atoms. The summed E-state index contributed by atoms with van der Waals surface area (Å²) in [5.41, 5.74) is 1.58. The standard InChI is InChI=1S/C17H13ClN2O4S2/c1-26(22,23)13-4-2-12(3-5-13)14(8-11-6-7-24-10-11)16(21)20-17-19-9-15(18)25-17/h2-10H,1H3,(H,19,20,21)/b14-8+. The lowest BCUT2D eigenvalue weighted by Crippen LogP contribution is -2.13. The molecule has 3 rings (SSSR count). The zero-order chi connectivity index (χ0) is 18.7. The van der Waals surface area contributed by atoms with Gasteiger partial charge in [-0.25, -0.2) is 13.4 Å². The monoisotopic (exact) mass is 408 g/mol. The number of carbonyl (C=O) groups is 1. The summed E-state index contributed by atoms with van der Waals surface area (Å²) in [6, 6.07) is 7.79. The van der Waals surface area contributed by atoms with Crippen LogP contribution in [-0.2, 0) is 14.6 Å². The predicted molar refractivity (Wildman–Crippen MR) is 102 cm³/mol. The Bertz CT molecular complexity index is 1050. The highest BCUT2D eigenvalue weighted by atomic mass is 35.5. The maximum atomic E-state index is 12.7. The van der Waals surface area contributed by atoms with Crippen LogP contribution >= 0.6 is 22.9 Å². The van der Waals surface area contributed by atoms with Crippen LogP contribution in [0.4, 0.5) is 5.13 Å². The van der Waals surface area contributed by atoms with Crippen molar-refractivity contribution in [1.29, 1.82) is 0 Å². The fourth-order valence-electron chi connectivity index (χ4n) is 2.16. The number of carbonyl (C=O) groups excluding carboxylic acids is 1. The Morgan fingerprint density at radius 1 is 1.27 bits per heavy atom. The highest BCUT2D eigenvalue weighted by Crippen LogP contribution is 2.26. The van der Waals surface area contributed by atoms with Gasteiger partial charge in [-0.3, -0.25) is 10.1 Å². The van der Waals surface area contributed by atoms with Crippen LogP contribution in [0.15, 0.2) is 58.4 Å². The molecule has 0 saturated carbocycles. The second-order valence-corrected chi connectivity index (χ2v) is 9.01. The molecule has 1 aromatic carbocycles. The van der Waals surface area contributed by atoms with Crippen LogP contribution in [0.1, 0.15) is 11.1 Å². The first-order chi connectivity index (χ1) is 12.3. The average Bonchev–Trinajstić information content (AvgIpc) is 3.23. The Morgan fingerprint density at radius 2 is 2.00 bits per heavy atom. The Labute approximate surface area is 159 Å². The highest BCUT2D eigenvalue weighted by molar-refractivity contribution is 7.90. The molecule has 2 aromatic heterocycles. The summed E-state index contributed by atoms with van der Waals surface area (Å²) in [4.78, 5) is 16.9. The van der Waals surface area contributed by atoms with Gasteiger partial charge in [-0.05, 0) is 29.8 Å². The number of anilines is 1. The number of halogens is 1. The summed E-state index contributed by atoms with van der Waals surface area (Å²) >= 11 is 6.98. The maximum absolute atomic E-state index is 12.7. The first kappa shape index (κ1) is 18.4. The van der Waals surface area contributed by atoms with Crippen LogP contribution < -0.4 is 5.32 Å². The van der Waals surface area contributed by atoms with Crippen LogP contribution in [0.2, 0.25) is 4.34 Å². The third-order valence-electron chi connectivity index (χ3n) is 3.39. The van der Waals surface area contributed by atoms with Crippen LogP contribution in [0.3, 0.4) is 0 Å². The first-order valence-electron chi connectivity index (χ1n) is 7.30. The second-order valence-electron chi connectivity index (χ2n) is 5.33. The molecule has 0 unspecified atom stereocenters. The molecule has 0 fully saturated rings. The van der Waals surface area contributed by atoms with Crippen molar-refractivity contribution in [3.63, 3.8) is 0 Å². The number of rotatable bonds is 5. The molecule has 26 heavy (non-hydrogen) atoms. The van der Waals surface area contributed by atoms with E-state index >= 15 is 0 Å². The van der Waals surface area contributed by atoms with Gasteiger partial charge in [0.05, 0.1) is 23.6 Å². The van der Waals surface area contributed by atoms with E-state index in [0.717, 1.165) is 17.6 Å². The lowest BCUT2D eigenvalue weighted by molar-refractivity contribution is -0.111. The third kappa shape index (κ3) is 4.40. The Morgan fingerprint density at radius 3 is 2.54 bits per heavy atom. The van der Waals surface area contributed by atoms with Gasteiger partial charge in [0.1, 0.15) is 4.34 Å². The van der Waals surface area contributed by atoms with Gasteiger partial charge in [0.15, 0.2) is 15.0 Å². The third-order valence-corrected chi connectivity index (χ3v) is 5.55. The summed E-state index contributed by atoms with van der Waals surface area (Å²) in [5, 5.41) is 3.05. The smallest absolute Gasteiger partial charge is 0.258 e. The number of nitrogens with one attached hydrogen (secondary N) is 1. The van der Waals surface area contributed by atoms with Crippen molar-refractivity contribution >= 4 is 55.5 Å². The van der Waals surface area contributed by atoms with Crippen molar-refractivity contribution in [2.45, 2.75) is 4.90 Å². The molecule has 0 bridgehead atoms. The van der Waals surface area contributed by atoms with Crippen LogP contribution in [0, 0.1) is 0 Å². The highest BCUT2D eigenvalue weighted by Gasteiger charge is 2.16. The molecule has 0 saturated heterocycles. The minimum absolute atomic E-state index is 0.177. The number of sulfone groups is 1. The fraction of sp³-hybridized carbons (Fsp3) is 0.0588. The molecule has 0 radical (unpaired) electrons. The molecule has 2 heterocycles. The zero-order valence-electron chi connectivity index (χ0n) is 13.5. The minimum atomic E-state index is -3.32. The van der Waals surface area contributed by atoms with Crippen LogP contribution in [-0.4, -0.2) is 25.6 Å². The van der Waals surface area contributed by atoms with E-state index in [4.69, 9.17) is 16.0 Å². The Hall–Kier alpha value is -2.42. The molecule has 1 amide bonds. The largest absolute Gasteiger partial charge is 0.472 e. The maximum Gasteiger partial charge on any atom is 0.258 e. The summed E-state index contributed by atoms with van der Waals surface area (Å²) in [5.74, 6) is -0.399. The van der Waals surface area contributed by atoms with Gasteiger partial charge in [-0.2, -0.15) is 0 Å². The number of furan rings is 1. The van der Waals surface area contributed by atoms with E-state index in [1.807, 2.05) is 0 Å². The van der Waals surface area contributed by atoms with E-state index in [9.17, 15) is 13.2 Å². The fourth-order valence-corrected chi connectivity index (χ4v) is 3.60. The van der Waals surface area contributed by atoms with Gasteiger partial charge >= 0.3 is 0 Å². The molecule has 1 N–H and O–H groups in total. The van der Waals surface area contributed by atoms with Gasteiger partial charge in [-0.1, -0.05) is 35.1 Å². The van der Waals surface area contributed by atoms with E-state index in [2.05, 4.69) is 10.3 Å². The number of thiazole rings is 1. The molecule has 0 aliphatic carbocycles. The molecule has 0 atom stereocenters. The summed E-state index contributed by atoms with van der Waals surface area (Å²) < 4.78 is 28.7. The zero-order valence-corrected chi connectivity index (χ0v) is 15.9. The lowest BCUT2D eigenvalue weighted by atomic mass is 10.0. The lowest BCUT2D eigenvalue weighted by Gasteiger charge is -2.08. The number of hydrogen-bond acceptors (Lipinski definition) is 6. The summed E-state index contributed by atoms with van der Waals surface area (Å²) in [6.45, 7) is 0. The van der Waals surface area contributed by atoms with Crippen molar-refractivity contribution in [2.75, 3.05) is 11.6 Å². The van der Waals surface area contributed by atoms with E-state index in [-0.39, 0.29) is 4.90 Å². The first-order valence-corrected chi connectivity index (χ1v) is 10.4. The van der Waals surface area contributed by atoms with Crippen LogP contribution in [0.25, 0.3) is 11.6 Å². The number of benzene rings is 1. The van der Waals surface area contributed by atoms with E-state index < -0.39 is 15.7 Å². The van der Waals surface area contributed by atoms with Crippen molar-refractivity contribution in [2.24, 2.45) is 0 Å². The van der Waals surface area contributed by atoms with E-state index in [1.54, 1.807) is 24.3 Å². The van der Waals surface area contributed by atoms with Crippen molar-refractivity contribution in [1.82, 2.24) is 4.98 Å². The normalized spacial score (nSPS) is 12.2. The Kier molecular flexibility index (Phi) is 5.26. The van der Waals surface area contributed by atoms with E-state index in [1.165, 1.54) is 30.9 Å². The predicted octanol–water partition coefficient (Wildman–Crippen LogP) is 3.97. The molecule has 0 aliphatic rings. The van der Waals surface area contributed by atoms with Crippen molar-refractivity contribution in [3.8, 4) is 0 Å². The average molecular weight is 409 g/mol. The number of aromatic nitrogens is 1. The Balaban J connectivity index is 1.97. The molecular formula is C17H13ClN2O4S2. The molecule has 3 aromatic rings. The van der Waals surface area contributed by atoms with Gasteiger partial charge in [-0.15, -0.1) is 0 Å². The van der Waals surface area contributed by atoms with Gasteiger partial charge in [0.2, 0.25) is 0 Å². The molecule has 9 heteroatoms. The minimum Gasteiger partial charge on any atom is -0.472 e. The topological polar surface area (TPSA) is 89.3 Å². The SMILES string of the molecule is CS(=O)(=O)c1ccc(/C(=C\c2ccoc2)C(=O)Nc2ncc(Cl)s2)cc1. The second kappa shape index (κ2) is 7.45. The number of hydrogen-bond donors (Lipinski definition) is 1. The number of amides is 1. The van der Waals surface area contributed by atoms with Crippen LogP contribution in [0.5, 0.6) is 0 Å². The molecule has 134 valence electrons. The summed E-state index contributed by atoms with van der Waals surface area (Å²) in [6.07, 6.45) is 7.21. The van der Waals surface area contributed by atoms with Gasteiger partial charge < -0.3 is 4.42 Å². The van der Waals surface area contributed by atoms with Gasteiger partial charge in [0, 0.05) is 17.4 Å².